The summed E-state index contributed by atoms with van der Waals surface area (Å²) in [7, 11) is 1.65. The van der Waals surface area contributed by atoms with Crippen LogP contribution < -0.4 is 10.6 Å². The molecule has 2 rings (SSSR count). The first-order valence-electron chi connectivity index (χ1n) is 6.22. The molecule has 0 saturated carbocycles. The lowest BCUT2D eigenvalue weighted by molar-refractivity contribution is 0.0962. The molecule has 0 aliphatic rings. The molecular weight excluding hydrogens is 256 g/mol. The second-order valence-electron chi connectivity index (χ2n) is 4.44. The predicted octanol–water partition coefficient (Wildman–Crippen LogP) is 3.34. The maximum Gasteiger partial charge on any atom is 0.251 e. The van der Waals surface area contributed by atoms with Gasteiger partial charge in [0, 0.05) is 29.7 Å². The van der Waals surface area contributed by atoms with E-state index in [9.17, 15) is 4.79 Å². The zero-order chi connectivity index (χ0) is 13.8. The van der Waals surface area contributed by atoms with Crippen LogP contribution >= 0.6 is 11.3 Å². The zero-order valence-corrected chi connectivity index (χ0v) is 12.2. The van der Waals surface area contributed by atoms with Gasteiger partial charge in [-0.15, -0.1) is 11.3 Å². The molecular formula is C15H18N2OS. The maximum absolute atomic E-state index is 11.7. The van der Waals surface area contributed by atoms with E-state index in [0.717, 1.165) is 23.4 Å². The van der Waals surface area contributed by atoms with Crippen molar-refractivity contribution < 1.29 is 4.79 Å². The van der Waals surface area contributed by atoms with E-state index in [1.807, 2.05) is 25.1 Å². The summed E-state index contributed by atoms with van der Waals surface area (Å²) in [6, 6.07) is 7.87. The van der Waals surface area contributed by atoms with Crippen molar-refractivity contribution in [3.8, 4) is 0 Å². The molecule has 19 heavy (non-hydrogen) atoms. The molecule has 0 spiro atoms. The van der Waals surface area contributed by atoms with Crippen molar-refractivity contribution in [3.63, 3.8) is 0 Å². The first-order chi connectivity index (χ1) is 9.13. The third-order valence-electron chi connectivity index (χ3n) is 3.21. The predicted molar refractivity (Wildman–Crippen MR) is 81.0 cm³/mol. The van der Waals surface area contributed by atoms with Gasteiger partial charge in [-0.1, -0.05) is 6.07 Å². The number of benzene rings is 1. The van der Waals surface area contributed by atoms with Gasteiger partial charge in [0.1, 0.15) is 0 Å². The SMILES string of the molecule is CNC(=O)c1cccc(NCc2sccc2C)c1C. The monoisotopic (exact) mass is 274 g/mol. The Balaban J connectivity index is 2.17. The molecule has 1 amide bonds. The van der Waals surface area contributed by atoms with E-state index >= 15 is 0 Å². The van der Waals surface area contributed by atoms with Crippen molar-refractivity contribution >= 4 is 22.9 Å². The van der Waals surface area contributed by atoms with Crippen LogP contribution in [0, 0.1) is 13.8 Å². The Labute approximate surface area is 117 Å². The summed E-state index contributed by atoms with van der Waals surface area (Å²) < 4.78 is 0. The Morgan fingerprint density at radius 3 is 2.68 bits per heavy atom. The number of hydrogen-bond acceptors (Lipinski definition) is 3. The zero-order valence-electron chi connectivity index (χ0n) is 11.4. The van der Waals surface area contributed by atoms with Crippen LogP contribution in [0.1, 0.15) is 26.4 Å². The van der Waals surface area contributed by atoms with Gasteiger partial charge in [-0.3, -0.25) is 4.79 Å². The number of carbonyl (C=O) groups excluding carboxylic acids is 1. The molecule has 0 aliphatic heterocycles. The first-order valence-corrected chi connectivity index (χ1v) is 7.10. The molecule has 0 bridgehead atoms. The van der Waals surface area contributed by atoms with Crippen LogP contribution in [0.4, 0.5) is 5.69 Å². The van der Waals surface area contributed by atoms with Gasteiger partial charge in [-0.25, -0.2) is 0 Å². The highest BCUT2D eigenvalue weighted by Crippen LogP contribution is 2.22. The van der Waals surface area contributed by atoms with Gasteiger partial charge < -0.3 is 10.6 Å². The minimum absolute atomic E-state index is 0.0477. The first kappa shape index (κ1) is 13.6. The standard InChI is InChI=1S/C15H18N2OS/c1-10-7-8-19-14(10)9-17-13-6-4-5-12(11(13)2)15(18)16-3/h4-8,17H,9H2,1-3H3,(H,16,18). The number of hydrogen-bond donors (Lipinski definition) is 2. The lowest BCUT2D eigenvalue weighted by Gasteiger charge is -2.12. The van der Waals surface area contributed by atoms with Crippen LogP contribution in [0.2, 0.25) is 0 Å². The topological polar surface area (TPSA) is 41.1 Å². The summed E-state index contributed by atoms with van der Waals surface area (Å²) in [6.45, 7) is 4.87. The van der Waals surface area contributed by atoms with E-state index in [1.54, 1.807) is 18.4 Å². The Bertz CT molecular complexity index is 590. The van der Waals surface area contributed by atoms with Crippen molar-refractivity contribution in [2.24, 2.45) is 0 Å². The fraction of sp³-hybridized carbons (Fsp3) is 0.267. The second-order valence-corrected chi connectivity index (χ2v) is 5.44. The molecule has 0 saturated heterocycles. The summed E-state index contributed by atoms with van der Waals surface area (Å²) in [4.78, 5) is 13.1. The van der Waals surface area contributed by atoms with E-state index < -0.39 is 0 Å². The quantitative estimate of drug-likeness (QED) is 0.898. The van der Waals surface area contributed by atoms with Gasteiger partial charge in [0.15, 0.2) is 0 Å². The number of amides is 1. The van der Waals surface area contributed by atoms with Crippen LogP contribution in [-0.4, -0.2) is 13.0 Å². The van der Waals surface area contributed by atoms with E-state index in [0.29, 0.717) is 0 Å². The van der Waals surface area contributed by atoms with E-state index in [4.69, 9.17) is 0 Å². The number of anilines is 1. The number of aryl methyl sites for hydroxylation is 1. The minimum Gasteiger partial charge on any atom is -0.380 e. The van der Waals surface area contributed by atoms with Crippen molar-refractivity contribution in [2.75, 3.05) is 12.4 Å². The third-order valence-corrected chi connectivity index (χ3v) is 4.24. The van der Waals surface area contributed by atoms with Gasteiger partial charge in [-0.2, -0.15) is 0 Å². The normalized spacial score (nSPS) is 10.3. The molecule has 1 heterocycles. The fourth-order valence-electron chi connectivity index (χ4n) is 1.97. The molecule has 0 fully saturated rings. The number of nitrogens with one attached hydrogen (secondary N) is 2. The van der Waals surface area contributed by atoms with Crippen LogP contribution in [0.3, 0.4) is 0 Å². The largest absolute Gasteiger partial charge is 0.380 e. The molecule has 0 atom stereocenters. The second kappa shape index (κ2) is 5.89. The maximum atomic E-state index is 11.7. The van der Waals surface area contributed by atoms with Crippen LogP contribution in [0.5, 0.6) is 0 Å². The number of thiophene rings is 1. The van der Waals surface area contributed by atoms with E-state index in [1.165, 1.54) is 10.4 Å². The van der Waals surface area contributed by atoms with Gasteiger partial charge in [0.25, 0.3) is 5.91 Å². The fourth-order valence-corrected chi connectivity index (χ4v) is 2.81. The smallest absolute Gasteiger partial charge is 0.251 e. The summed E-state index contributed by atoms with van der Waals surface area (Å²) in [6.07, 6.45) is 0. The van der Waals surface area contributed by atoms with Gasteiger partial charge in [0.05, 0.1) is 0 Å². The molecule has 4 heteroatoms. The van der Waals surface area contributed by atoms with E-state index in [2.05, 4.69) is 29.0 Å². The van der Waals surface area contributed by atoms with Crippen LogP contribution in [0.15, 0.2) is 29.6 Å². The Morgan fingerprint density at radius 2 is 2.05 bits per heavy atom. The molecule has 1 aromatic heterocycles. The van der Waals surface area contributed by atoms with Gasteiger partial charge in [0.2, 0.25) is 0 Å². The van der Waals surface area contributed by atoms with Crippen molar-refractivity contribution in [3.05, 3.63) is 51.2 Å². The minimum atomic E-state index is -0.0477. The highest BCUT2D eigenvalue weighted by molar-refractivity contribution is 7.10. The van der Waals surface area contributed by atoms with E-state index in [-0.39, 0.29) is 5.91 Å². The van der Waals surface area contributed by atoms with Crippen molar-refractivity contribution in [2.45, 2.75) is 20.4 Å². The summed E-state index contributed by atoms with van der Waals surface area (Å²) >= 11 is 1.75. The highest BCUT2D eigenvalue weighted by atomic mass is 32.1. The molecule has 0 unspecified atom stereocenters. The molecule has 0 radical (unpaired) electrons. The number of carbonyl (C=O) groups is 1. The van der Waals surface area contributed by atoms with Crippen LogP contribution in [0.25, 0.3) is 0 Å². The molecule has 100 valence electrons. The van der Waals surface area contributed by atoms with Crippen molar-refractivity contribution in [1.29, 1.82) is 0 Å². The average Bonchev–Trinajstić information content (AvgIpc) is 2.82. The Kier molecular flexibility index (Phi) is 4.22. The molecule has 2 aromatic rings. The average molecular weight is 274 g/mol. The summed E-state index contributed by atoms with van der Waals surface area (Å²) in [5.41, 5.74) is 4.01. The highest BCUT2D eigenvalue weighted by Gasteiger charge is 2.10. The molecule has 0 aliphatic carbocycles. The Morgan fingerprint density at radius 1 is 1.26 bits per heavy atom. The number of rotatable bonds is 4. The molecule has 2 N–H and O–H groups in total. The summed E-state index contributed by atoms with van der Waals surface area (Å²) in [5.74, 6) is -0.0477. The van der Waals surface area contributed by atoms with Crippen LogP contribution in [-0.2, 0) is 6.54 Å². The third kappa shape index (κ3) is 2.96. The van der Waals surface area contributed by atoms with Crippen molar-refractivity contribution in [1.82, 2.24) is 5.32 Å². The lowest BCUT2D eigenvalue weighted by atomic mass is 10.1. The summed E-state index contributed by atoms with van der Waals surface area (Å²) in [5, 5.41) is 8.17. The van der Waals surface area contributed by atoms with Gasteiger partial charge >= 0.3 is 0 Å². The lowest BCUT2D eigenvalue weighted by Crippen LogP contribution is -2.19. The molecule has 1 aromatic carbocycles. The Hall–Kier alpha value is -1.81. The molecule has 3 nitrogen and oxygen atoms in total. The van der Waals surface area contributed by atoms with Gasteiger partial charge in [-0.05, 0) is 48.6 Å².